The Balaban J connectivity index is 2.65. The molecule has 0 spiro atoms. The highest BCUT2D eigenvalue weighted by Crippen LogP contribution is 2.37. The number of aromatic hydroxyl groups is 1. The van der Waals surface area contributed by atoms with Gasteiger partial charge in [0.2, 0.25) is 0 Å². The normalized spacial score (nSPS) is 11.3. The molecule has 0 radical (unpaired) electrons. The van der Waals surface area contributed by atoms with Crippen molar-refractivity contribution in [3.8, 4) is 5.75 Å². The summed E-state index contributed by atoms with van der Waals surface area (Å²) in [5.74, 6) is 0.216. The Bertz CT molecular complexity index is 655. The van der Waals surface area contributed by atoms with E-state index in [1.807, 2.05) is 18.2 Å². The lowest BCUT2D eigenvalue weighted by atomic mass is 10.1. The second-order valence-corrected chi connectivity index (χ2v) is 3.78. The Hall–Kier alpha value is -1.67. The standard InChI is InChI=1S/C12H7ClO2/c13-8-4-1-3-7-11-9(14)5-2-6-10(11)15-12(7)8/h1-6,14H. The summed E-state index contributed by atoms with van der Waals surface area (Å²) in [6, 6.07) is 10.7. The lowest BCUT2D eigenvalue weighted by Crippen LogP contribution is -1.68. The van der Waals surface area contributed by atoms with Crippen LogP contribution >= 0.6 is 11.6 Å². The van der Waals surface area contributed by atoms with Crippen molar-refractivity contribution in [2.45, 2.75) is 0 Å². The Morgan fingerprint density at radius 2 is 1.87 bits per heavy atom. The van der Waals surface area contributed by atoms with Gasteiger partial charge in [0.15, 0.2) is 5.58 Å². The van der Waals surface area contributed by atoms with Crippen molar-refractivity contribution in [2.24, 2.45) is 0 Å². The molecule has 0 saturated heterocycles. The molecular formula is C12H7ClO2. The molecule has 0 amide bonds. The highest BCUT2D eigenvalue weighted by atomic mass is 35.5. The quantitative estimate of drug-likeness (QED) is 0.620. The summed E-state index contributed by atoms with van der Waals surface area (Å²) >= 11 is 6.01. The SMILES string of the molecule is Oc1cccc2oc3c(Cl)cccc3c12. The second-order valence-electron chi connectivity index (χ2n) is 3.37. The van der Waals surface area contributed by atoms with E-state index >= 15 is 0 Å². The van der Waals surface area contributed by atoms with E-state index in [1.54, 1.807) is 18.2 Å². The van der Waals surface area contributed by atoms with Crippen molar-refractivity contribution >= 4 is 33.5 Å². The van der Waals surface area contributed by atoms with Crippen LogP contribution in [-0.2, 0) is 0 Å². The number of para-hydroxylation sites is 1. The molecule has 0 bridgehead atoms. The Labute approximate surface area is 90.7 Å². The molecule has 3 rings (SSSR count). The van der Waals surface area contributed by atoms with Crippen LogP contribution in [0.3, 0.4) is 0 Å². The third-order valence-electron chi connectivity index (χ3n) is 2.45. The van der Waals surface area contributed by atoms with Gasteiger partial charge in [-0.05, 0) is 18.2 Å². The molecule has 0 aliphatic carbocycles. The van der Waals surface area contributed by atoms with Crippen LogP contribution in [0.2, 0.25) is 5.02 Å². The summed E-state index contributed by atoms with van der Waals surface area (Å²) in [6.07, 6.45) is 0. The first-order valence-electron chi connectivity index (χ1n) is 4.56. The van der Waals surface area contributed by atoms with E-state index < -0.39 is 0 Å². The number of benzene rings is 2. The molecule has 2 nitrogen and oxygen atoms in total. The smallest absolute Gasteiger partial charge is 0.154 e. The van der Waals surface area contributed by atoms with Gasteiger partial charge in [0.25, 0.3) is 0 Å². The highest BCUT2D eigenvalue weighted by molar-refractivity contribution is 6.35. The molecule has 0 saturated carbocycles. The minimum absolute atomic E-state index is 0.216. The first kappa shape index (κ1) is 8.62. The molecule has 3 heteroatoms. The van der Waals surface area contributed by atoms with Crippen LogP contribution in [0.5, 0.6) is 5.75 Å². The van der Waals surface area contributed by atoms with Crippen molar-refractivity contribution in [3.05, 3.63) is 41.4 Å². The van der Waals surface area contributed by atoms with Crippen molar-refractivity contribution < 1.29 is 9.52 Å². The summed E-state index contributed by atoms with van der Waals surface area (Å²) in [5.41, 5.74) is 1.27. The molecule has 74 valence electrons. The second kappa shape index (κ2) is 2.91. The maximum absolute atomic E-state index is 9.75. The lowest BCUT2D eigenvalue weighted by Gasteiger charge is -1.93. The summed E-state index contributed by atoms with van der Waals surface area (Å²) in [7, 11) is 0. The van der Waals surface area contributed by atoms with E-state index in [4.69, 9.17) is 16.0 Å². The van der Waals surface area contributed by atoms with Gasteiger partial charge in [-0.3, -0.25) is 0 Å². The van der Waals surface area contributed by atoms with Crippen molar-refractivity contribution in [2.75, 3.05) is 0 Å². The van der Waals surface area contributed by atoms with Gasteiger partial charge in [-0.1, -0.05) is 29.8 Å². The number of fused-ring (bicyclic) bond motifs is 3. The third kappa shape index (κ3) is 1.12. The fraction of sp³-hybridized carbons (Fsp3) is 0. The van der Waals surface area contributed by atoms with Crippen molar-refractivity contribution in [1.82, 2.24) is 0 Å². The topological polar surface area (TPSA) is 33.4 Å². The molecule has 3 aromatic rings. The van der Waals surface area contributed by atoms with Gasteiger partial charge in [0.05, 0.1) is 10.4 Å². The van der Waals surface area contributed by atoms with Crippen LogP contribution in [0.1, 0.15) is 0 Å². The van der Waals surface area contributed by atoms with Crippen LogP contribution in [0, 0.1) is 0 Å². The van der Waals surface area contributed by atoms with Crippen molar-refractivity contribution in [1.29, 1.82) is 0 Å². The van der Waals surface area contributed by atoms with Crippen LogP contribution in [0.25, 0.3) is 21.9 Å². The van der Waals surface area contributed by atoms with Crippen LogP contribution in [0.4, 0.5) is 0 Å². The number of phenolic OH excluding ortho intramolecular Hbond substituents is 1. The maximum Gasteiger partial charge on any atom is 0.154 e. The first-order chi connectivity index (χ1) is 7.27. The molecule has 1 N–H and O–H groups in total. The zero-order valence-corrected chi connectivity index (χ0v) is 8.45. The molecule has 15 heavy (non-hydrogen) atoms. The average molecular weight is 219 g/mol. The Kier molecular flexibility index (Phi) is 1.67. The molecule has 1 aromatic heterocycles. The van der Waals surface area contributed by atoms with E-state index in [0.717, 1.165) is 10.8 Å². The van der Waals surface area contributed by atoms with Gasteiger partial charge in [-0.2, -0.15) is 0 Å². The predicted octanol–water partition coefficient (Wildman–Crippen LogP) is 3.95. The number of hydrogen-bond acceptors (Lipinski definition) is 2. The number of hydrogen-bond donors (Lipinski definition) is 1. The third-order valence-corrected chi connectivity index (χ3v) is 2.75. The molecule has 0 unspecified atom stereocenters. The van der Waals surface area contributed by atoms with E-state index in [-0.39, 0.29) is 5.75 Å². The maximum atomic E-state index is 9.75. The largest absolute Gasteiger partial charge is 0.507 e. The molecule has 0 fully saturated rings. The van der Waals surface area contributed by atoms with Gasteiger partial charge < -0.3 is 9.52 Å². The average Bonchev–Trinajstić information content (AvgIpc) is 2.59. The Morgan fingerprint density at radius 1 is 1.07 bits per heavy atom. The van der Waals surface area contributed by atoms with Gasteiger partial charge in [0.1, 0.15) is 11.3 Å². The van der Waals surface area contributed by atoms with E-state index in [0.29, 0.717) is 16.2 Å². The van der Waals surface area contributed by atoms with E-state index in [9.17, 15) is 5.11 Å². The number of phenols is 1. The molecule has 1 heterocycles. The first-order valence-corrected chi connectivity index (χ1v) is 4.94. The van der Waals surface area contributed by atoms with Gasteiger partial charge in [-0.25, -0.2) is 0 Å². The number of rotatable bonds is 0. The molecule has 2 aromatic carbocycles. The summed E-state index contributed by atoms with van der Waals surface area (Å²) in [4.78, 5) is 0. The lowest BCUT2D eigenvalue weighted by molar-refractivity contribution is 0.481. The van der Waals surface area contributed by atoms with Crippen LogP contribution in [-0.4, -0.2) is 5.11 Å². The minimum atomic E-state index is 0.216. The van der Waals surface area contributed by atoms with Gasteiger partial charge in [0, 0.05) is 5.39 Å². The predicted molar refractivity (Wildman–Crippen MR) is 60.4 cm³/mol. The van der Waals surface area contributed by atoms with Crippen LogP contribution < -0.4 is 0 Å². The molecular weight excluding hydrogens is 212 g/mol. The van der Waals surface area contributed by atoms with E-state index in [1.165, 1.54) is 0 Å². The summed E-state index contributed by atoms with van der Waals surface area (Å²) in [5, 5.41) is 11.9. The number of halogens is 1. The summed E-state index contributed by atoms with van der Waals surface area (Å²) < 4.78 is 5.57. The zero-order valence-electron chi connectivity index (χ0n) is 7.70. The zero-order chi connectivity index (χ0) is 10.4. The minimum Gasteiger partial charge on any atom is -0.507 e. The fourth-order valence-electron chi connectivity index (χ4n) is 1.79. The van der Waals surface area contributed by atoms with Crippen molar-refractivity contribution in [3.63, 3.8) is 0 Å². The fourth-order valence-corrected chi connectivity index (χ4v) is 2.01. The monoisotopic (exact) mass is 218 g/mol. The van der Waals surface area contributed by atoms with Gasteiger partial charge >= 0.3 is 0 Å². The molecule has 0 aliphatic heterocycles. The summed E-state index contributed by atoms with van der Waals surface area (Å²) in [6.45, 7) is 0. The molecule has 0 atom stereocenters. The Morgan fingerprint density at radius 3 is 2.73 bits per heavy atom. The van der Waals surface area contributed by atoms with Crippen LogP contribution in [0.15, 0.2) is 40.8 Å². The van der Waals surface area contributed by atoms with Gasteiger partial charge in [-0.15, -0.1) is 0 Å². The molecule has 0 aliphatic rings. The van der Waals surface area contributed by atoms with E-state index in [2.05, 4.69) is 0 Å². The number of furan rings is 1. The highest BCUT2D eigenvalue weighted by Gasteiger charge is 2.11.